The maximum Gasteiger partial charge on any atom is 0.132 e. The highest BCUT2D eigenvalue weighted by molar-refractivity contribution is 5.39. The van der Waals surface area contributed by atoms with Crippen LogP contribution in [0.5, 0.6) is 0 Å². The van der Waals surface area contributed by atoms with E-state index in [0.29, 0.717) is 0 Å². The lowest BCUT2D eigenvalue weighted by Crippen LogP contribution is -2.47. The highest BCUT2D eigenvalue weighted by atomic mass is 15.3. The minimum atomic E-state index is 1.02. The molecule has 0 N–H and O–H groups in total. The molecule has 3 heterocycles. The van der Waals surface area contributed by atoms with Crippen molar-refractivity contribution < 1.29 is 0 Å². The number of piperazine rings is 1. The fraction of sp³-hybridized carbons (Fsp3) is 0.471. The van der Waals surface area contributed by atoms with Crippen LogP contribution in [0.15, 0.2) is 30.6 Å². The molecule has 1 aliphatic heterocycles. The van der Waals surface area contributed by atoms with E-state index in [4.69, 9.17) is 0 Å². The second-order valence-corrected chi connectivity index (χ2v) is 5.87. The first-order valence-corrected chi connectivity index (χ1v) is 7.89. The highest BCUT2D eigenvalue weighted by Crippen LogP contribution is 2.13. The number of pyridine rings is 1. The van der Waals surface area contributed by atoms with Crippen molar-refractivity contribution in [3.05, 3.63) is 47.7 Å². The standard InChI is InChI=1S/C17H23N5/c1-14-4-3-5-16(20-14)6-7-21-8-10-22(11-9-21)17-12-15(2)18-13-19-17/h3-5,12-13H,6-11H2,1-2H3. The summed E-state index contributed by atoms with van der Waals surface area (Å²) in [7, 11) is 0. The number of hydrogen-bond acceptors (Lipinski definition) is 5. The van der Waals surface area contributed by atoms with Gasteiger partial charge in [0.15, 0.2) is 0 Å². The van der Waals surface area contributed by atoms with Crippen LogP contribution in [0.4, 0.5) is 5.82 Å². The summed E-state index contributed by atoms with van der Waals surface area (Å²) >= 11 is 0. The smallest absolute Gasteiger partial charge is 0.132 e. The molecule has 0 atom stereocenters. The largest absolute Gasteiger partial charge is 0.354 e. The van der Waals surface area contributed by atoms with Crippen LogP contribution in [0, 0.1) is 13.8 Å². The number of rotatable bonds is 4. The van der Waals surface area contributed by atoms with Gasteiger partial charge in [-0.1, -0.05) is 6.07 Å². The molecule has 1 saturated heterocycles. The molecule has 22 heavy (non-hydrogen) atoms. The molecule has 5 heteroatoms. The van der Waals surface area contributed by atoms with Crippen molar-refractivity contribution in [2.24, 2.45) is 0 Å². The minimum absolute atomic E-state index is 1.02. The van der Waals surface area contributed by atoms with Crippen molar-refractivity contribution in [3.63, 3.8) is 0 Å². The van der Waals surface area contributed by atoms with Crippen LogP contribution in [0.3, 0.4) is 0 Å². The molecule has 3 rings (SSSR count). The normalized spacial score (nSPS) is 16.0. The van der Waals surface area contributed by atoms with Crippen LogP contribution in [-0.4, -0.2) is 52.6 Å². The SMILES string of the molecule is Cc1cc(N2CCN(CCc3cccc(C)n3)CC2)ncn1. The fourth-order valence-electron chi connectivity index (χ4n) is 2.83. The summed E-state index contributed by atoms with van der Waals surface area (Å²) in [5, 5.41) is 0. The molecule has 0 saturated carbocycles. The molecule has 0 aliphatic carbocycles. The summed E-state index contributed by atoms with van der Waals surface area (Å²) in [5.74, 6) is 1.05. The quantitative estimate of drug-likeness (QED) is 0.862. The first kappa shape index (κ1) is 14.9. The van der Waals surface area contributed by atoms with Crippen molar-refractivity contribution in [2.75, 3.05) is 37.6 Å². The number of anilines is 1. The molecular formula is C17H23N5. The van der Waals surface area contributed by atoms with Gasteiger partial charge in [0, 0.05) is 62.3 Å². The molecule has 116 valence electrons. The molecule has 0 spiro atoms. The predicted molar refractivity (Wildman–Crippen MR) is 88.1 cm³/mol. The van der Waals surface area contributed by atoms with Crippen molar-refractivity contribution in [3.8, 4) is 0 Å². The van der Waals surface area contributed by atoms with Gasteiger partial charge in [0.1, 0.15) is 12.1 Å². The van der Waals surface area contributed by atoms with Gasteiger partial charge in [0.05, 0.1) is 0 Å². The van der Waals surface area contributed by atoms with Crippen LogP contribution in [0.25, 0.3) is 0 Å². The monoisotopic (exact) mass is 297 g/mol. The Kier molecular flexibility index (Phi) is 4.63. The van der Waals surface area contributed by atoms with Crippen molar-refractivity contribution in [1.82, 2.24) is 19.9 Å². The predicted octanol–water partition coefficient (Wildman–Crippen LogP) is 1.85. The Hall–Kier alpha value is -2.01. The average Bonchev–Trinajstić information content (AvgIpc) is 2.54. The second-order valence-electron chi connectivity index (χ2n) is 5.87. The van der Waals surface area contributed by atoms with Crippen LogP contribution in [0.1, 0.15) is 17.1 Å². The number of nitrogens with zero attached hydrogens (tertiary/aromatic N) is 5. The zero-order valence-electron chi connectivity index (χ0n) is 13.4. The Morgan fingerprint density at radius 1 is 1.00 bits per heavy atom. The van der Waals surface area contributed by atoms with Gasteiger partial charge in [-0.2, -0.15) is 0 Å². The molecule has 5 nitrogen and oxygen atoms in total. The Balaban J connectivity index is 1.49. The molecule has 1 fully saturated rings. The van der Waals surface area contributed by atoms with Crippen molar-refractivity contribution >= 4 is 5.82 Å². The molecular weight excluding hydrogens is 274 g/mol. The zero-order valence-corrected chi connectivity index (χ0v) is 13.4. The van der Waals surface area contributed by atoms with E-state index in [-0.39, 0.29) is 0 Å². The number of aromatic nitrogens is 3. The van der Waals surface area contributed by atoms with E-state index in [2.05, 4.69) is 43.0 Å². The molecule has 0 bridgehead atoms. The lowest BCUT2D eigenvalue weighted by molar-refractivity contribution is 0.259. The van der Waals surface area contributed by atoms with Crippen molar-refractivity contribution in [1.29, 1.82) is 0 Å². The van der Waals surface area contributed by atoms with E-state index in [9.17, 15) is 0 Å². The Bertz CT molecular complexity index is 620. The van der Waals surface area contributed by atoms with Gasteiger partial charge < -0.3 is 4.90 Å². The number of aryl methyl sites for hydroxylation is 2. The van der Waals surface area contributed by atoms with E-state index in [1.807, 2.05) is 19.9 Å². The molecule has 0 aromatic carbocycles. The molecule has 0 amide bonds. The van der Waals surface area contributed by atoms with Crippen LogP contribution >= 0.6 is 0 Å². The van der Waals surface area contributed by atoms with Gasteiger partial charge in [0.25, 0.3) is 0 Å². The van der Waals surface area contributed by atoms with Gasteiger partial charge in [0.2, 0.25) is 0 Å². The zero-order chi connectivity index (χ0) is 15.4. The minimum Gasteiger partial charge on any atom is -0.354 e. The van der Waals surface area contributed by atoms with Gasteiger partial charge in [-0.05, 0) is 26.0 Å². The lowest BCUT2D eigenvalue weighted by Gasteiger charge is -2.35. The second kappa shape index (κ2) is 6.83. The van der Waals surface area contributed by atoms with E-state index in [1.165, 1.54) is 5.69 Å². The first-order valence-electron chi connectivity index (χ1n) is 7.89. The summed E-state index contributed by atoms with van der Waals surface area (Å²) < 4.78 is 0. The van der Waals surface area contributed by atoms with Gasteiger partial charge in [-0.25, -0.2) is 9.97 Å². The summed E-state index contributed by atoms with van der Waals surface area (Å²) in [6, 6.07) is 8.32. The van der Waals surface area contributed by atoms with Crippen LogP contribution in [0.2, 0.25) is 0 Å². The summed E-state index contributed by atoms with van der Waals surface area (Å²) in [5.41, 5.74) is 3.31. The highest BCUT2D eigenvalue weighted by Gasteiger charge is 2.18. The van der Waals surface area contributed by atoms with Gasteiger partial charge >= 0.3 is 0 Å². The third-order valence-corrected chi connectivity index (χ3v) is 4.12. The first-order chi connectivity index (χ1) is 10.7. The molecule has 1 aliphatic rings. The van der Waals surface area contributed by atoms with Crippen molar-refractivity contribution in [2.45, 2.75) is 20.3 Å². The molecule has 2 aromatic rings. The topological polar surface area (TPSA) is 45.2 Å². The third kappa shape index (κ3) is 3.80. The van der Waals surface area contributed by atoms with Gasteiger partial charge in [-0.3, -0.25) is 9.88 Å². The lowest BCUT2D eigenvalue weighted by atomic mass is 10.2. The summed E-state index contributed by atoms with van der Waals surface area (Å²) in [4.78, 5) is 18.0. The molecule has 0 unspecified atom stereocenters. The Morgan fingerprint density at radius 3 is 2.55 bits per heavy atom. The van der Waals surface area contributed by atoms with Crippen LogP contribution < -0.4 is 4.90 Å². The maximum atomic E-state index is 4.58. The molecule has 2 aromatic heterocycles. The molecule has 0 radical (unpaired) electrons. The summed E-state index contributed by atoms with van der Waals surface area (Å²) in [6.45, 7) is 9.34. The third-order valence-electron chi connectivity index (χ3n) is 4.12. The van der Waals surface area contributed by atoms with E-state index >= 15 is 0 Å². The fourth-order valence-corrected chi connectivity index (χ4v) is 2.83. The average molecular weight is 297 g/mol. The Labute approximate surface area is 132 Å². The maximum absolute atomic E-state index is 4.58. The van der Waals surface area contributed by atoms with E-state index in [1.54, 1.807) is 6.33 Å². The van der Waals surface area contributed by atoms with Crippen LogP contribution in [-0.2, 0) is 6.42 Å². The summed E-state index contributed by atoms with van der Waals surface area (Å²) in [6.07, 6.45) is 2.68. The van der Waals surface area contributed by atoms with E-state index in [0.717, 1.165) is 56.4 Å². The number of hydrogen-bond donors (Lipinski definition) is 0. The van der Waals surface area contributed by atoms with Gasteiger partial charge in [-0.15, -0.1) is 0 Å². The Morgan fingerprint density at radius 2 is 1.82 bits per heavy atom. The van der Waals surface area contributed by atoms with E-state index < -0.39 is 0 Å².